The van der Waals surface area contributed by atoms with Crippen molar-refractivity contribution in [2.75, 3.05) is 19.0 Å². The summed E-state index contributed by atoms with van der Waals surface area (Å²) in [6, 6.07) is 5.91. The van der Waals surface area contributed by atoms with Gasteiger partial charge in [-0.05, 0) is 12.1 Å². The molecule has 0 radical (unpaired) electrons. The Kier molecular flexibility index (Phi) is 2.73. The summed E-state index contributed by atoms with van der Waals surface area (Å²) in [6.07, 6.45) is 0. The number of rotatable bonds is 1. The highest BCUT2D eigenvalue weighted by molar-refractivity contribution is 7.83. The Bertz CT molecular complexity index is 258. The summed E-state index contributed by atoms with van der Waals surface area (Å²) >= 11 is 8.59. The molecule has 0 aliphatic heterocycles. The van der Waals surface area contributed by atoms with E-state index in [9.17, 15) is 0 Å². The van der Waals surface area contributed by atoms with Gasteiger partial charge in [-0.3, -0.25) is 0 Å². The van der Waals surface area contributed by atoms with E-state index in [0.29, 0.717) is 0 Å². The van der Waals surface area contributed by atoms with Crippen LogP contribution < -0.4 is 4.90 Å². The Morgan fingerprint density at radius 2 is 1.82 bits per heavy atom. The summed E-state index contributed by atoms with van der Waals surface area (Å²) in [5, 5.41) is 0. The largest absolute Gasteiger partial charge is 0.377 e. The van der Waals surface area contributed by atoms with Crippen molar-refractivity contribution in [3.8, 4) is 0 Å². The first-order chi connectivity index (χ1) is 5.13. The van der Waals surface area contributed by atoms with Gasteiger partial charge >= 0.3 is 0 Å². The number of anilines is 1. The maximum absolute atomic E-state index is 4.33. The zero-order valence-corrected chi connectivity index (χ0v) is 8.36. The van der Waals surface area contributed by atoms with Crippen LogP contribution in [0.3, 0.4) is 0 Å². The van der Waals surface area contributed by atoms with Crippen LogP contribution in [0.4, 0.5) is 5.69 Å². The van der Waals surface area contributed by atoms with E-state index in [1.165, 1.54) is 0 Å². The van der Waals surface area contributed by atoms with Gasteiger partial charge in [0.05, 0.1) is 5.69 Å². The second-order valence-corrected chi connectivity index (χ2v) is 3.47. The maximum Gasteiger partial charge on any atom is 0.0507 e. The fraction of sp³-hybridized carbons (Fsp3) is 0.250. The first-order valence-corrected chi connectivity index (χ1v) is 4.20. The van der Waals surface area contributed by atoms with Crippen LogP contribution in [0.2, 0.25) is 0 Å². The maximum atomic E-state index is 4.33. The van der Waals surface area contributed by atoms with E-state index in [1.807, 2.05) is 37.2 Å². The molecule has 0 saturated carbocycles. The van der Waals surface area contributed by atoms with Gasteiger partial charge in [-0.2, -0.15) is 0 Å². The molecule has 3 heteroatoms. The van der Waals surface area contributed by atoms with E-state index in [-0.39, 0.29) is 0 Å². The van der Waals surface area contributed by atoms with Crippen LogP contribution >= 0.6 is 25.3 Å². The van der Waals surface area contributed by atoms with Gasteiger partial charge in [0.1, 0.15) is 0 Å². The number of hydrogen-bond acceptors (Lipinski definition) is 3. The standard InChI is InChI=1S/C8H11NS2/c1-9(2)6-4-3-5-7(10)8(6)11/h3-5,10-11H,1-2H3. The molecule has 0 atom stereocenters. The zero-order chi connectivity index (χ0) is 8.43. The van der Waals surface area contributed by atoms with Crippen molar-refractivity contribution in [3.63, 3.8) is 0 Å². The highest BCUT2D eigenvalue weighted by Crippen LogP contribution is 2.27. The zero-order valence-electron chi connectivity index (χ0n) is 6.57. The van der Waals surface area contributed by atoms with Crippen LogP contribution in [0.1, 0.15) is 0 Å². The lowest BCUT2D eigenvalue weighted by atomic mass is 10.3. The normalized spacial score (nSPS) is 9.82. The fourth-order valence-electron chi connectivity index (χ4n) is 0.880. The molecule has 0 aromatic heterocycles. The third-order valence-electron chi connectivity index (χ3n) is 1.48. The SMILES string of the molecule is CN(C)c1cccc(S)c1S. The summed E-state index contributed by atoms with van der Waals surface area (Å²) in [6.45, 7) is 0. The number of hydrogen-bond donors (Lipinski definition) is 2. The molecule has 1 aromatic rings. The van der Waals surface area contributed by atoms with Crippen LogP contribution in [0.5, 0.6) is 0 Å². The van der Waals surface area contributed by atoms with Crippen molar-refractivity contribution in [1.29, 1.82) is 0 Å². The van der Waals surface area contributed by atoms with Gasteiger partial charge < -0.3 is 4.90 Å². The summed E-state index contributed by atoms with van der Waals surface area (Å²) in [4.78, 5) is 3.86. The van der Waals surface area contributed by atoms with Crippen molar-refractivity contribution in [3.05, 3.63) is 18.2 Å². The van der Waals surface area contributed by atoms with Crippen LogP contribution in [-0.2, 0) is 0 Å². The number of thiol groups is 2. The smallest absolute Gasteiger partial charge is 0.0507 e. The lowest BCUT2D eigenvalue weighted by Crippen LogP contribution is -2.09. The van der Waals surface area contributed by atoms with Gasteiger partial charge in [0.2, 0.25) is 0 Å². The lowest BCUT2D eigenvalue weighted by molar-refractivity contribution is 1.07. The van der Waals surface area contributed by atoms with Crippen molar-refractivity contribution in [1.82, 2.24) is 0 Å². The lowest BCUT2D eigenvalue weighted by Gasteiger charge is -2.15. The predicted octanol–water partition coefficient (Wildman–Crippen LogP) is 2.33. The molecule has 0 aliphatic carbocycles. The topological polar surface area (TPSA) is 3.24 Å². The average molecular weight is 185 g/mol. The molecule has 0 bridgehead atoms. The highest BCUT2D eigenvalue weighted by Gasteiger charge is 2.02. The van der Waals surface area contributed by atoms with Crippen molar-refractivity contribution in [2.24, 2.45) is 0 Å². The van der Waals surface area contributed by atoms with E-state index in [1.54, 1.807) is 0 Å². The van der Waals surface area contributed by atoms with Crippen LogP contribution in [-0.4, -0.2) is 14.1 Å². The van der Waals surface area contributed by atoms with E-state index in [2.05, 4.69) is 25.3 Å². The third kappa shape index (κ3) is 1.84. The second kappa shape index (κ2) is 3.41. The van der Waals surface area contributed by atoms with E-state index in [4.69, 9.17) is 0 Å². The van der Waals surface area contributed by atoms with E-state index >= 15 is 0 Å². The first-order valence-electron chi connectivity index (χ1n) is 3.31. The first kappa shape index (κ1) is 8.81. The van der Waals surface area contributed by atoms with Crippen molar-refractivity contribution >= 4 is 30.9 Å². The Hall–Kier alpha value is -0.280. The quantitative estimate of drug-likeness (QED) is 0.635. The van der Waals surface area contributed by atoms with Gasteiger partial charge in [-0.15, -0.1) is 25.3 Å². The van der Waals surface area contributed by atoms with E-state index in [0.717, 1.165) is 15.5 Å². The minimum Gasteiger partial charge on any atom is -0.377 e. The molecule has 0 aliphatic rings. The summed E-state index contributed by atoms with van der Waals surface area (Å²) in [7, 11) is 3.98. The molecule has 0 N–H and O–H groups in total. The molecular formula is C8H11NS2. The summed E-state index contributed by atoms with van der Waals surface area (Å²) < 4.78 is 0. The van der Waals surface area contributed by atoms with Gasteiger partial charge in [-0.25, -0.2) is 0 Å². The molecule has 0 saturated heterocycles. The molecule has 0 amide bonds. The molecule has 0 spiro atoms. The summed E-state index contributed by atoms with van der Waals surface area (Å²) in [5.74, 6) is 0. The van der Waals surface area contributed by atoms with Crippen molar-refractivity contribution in [2.45, 2.75) is 9.79 Å². The van der Waals surface area contributed by atoms with Gasteiger partial charge in [0, 0.05) is 23.9 Å². The Morgan fingerprint density at radius 3 is 2.27 bits per heavy atom. The Morgan fingerprint density at radius 1 is 1.18 bits per heavy atom. The Balaban J connectivity index is 3.17. The monoisotopic (exact) mass is 185 g/mol. The number of nitrogens with zero attached hydrogens (tertiary/aromatic N) is 1. The minimum absolute atomic E-state index is 0.916. The highest BCUT2D eigenvalue weighted by atomic mass is 32.1. The molecule has 1 aromatic carbocycles. The molecular weight excluding hydrogens is 174 g/mol. The van der Waals surface area contributed by atoms with Crippen LogP contribution in [0, 0.1) is 0 Å². The van der Waals surface area contributed by atoms with Gasteiger partial charge in [0.15, 0.2) is 0 Å². The minimum atomic E-state index is 0.916. The fourth-order valence-corrected chi connectivity index (χ4v) is 1.43. The van der Waals surface area contributed by atoms with Gasteiger partial charge in [0.25, 0.3) is 0 Å². The number of benzene rings is 1. The summed E-state index contributed by atoms with van der Waals surface area (Å²) in [5.41, 5.74) is 1.10. The van der Waals surface area contributed by atoms with Crippen molar-refractivity contribution < 1.29 is 0 Å². The molecule has 0 heterocycles. The van der Waals surface area contributed by atoms with Crippen LogP contribution in [0.15, 0.2) is 28.0 Å². The second-order valence-electron chi connectivity index (χ2n) is 2.54. The predicted molar refractivity (Wildman–Crippen MR) is 55.3 cm³/mol. The molecule has 11 heavy (non-hydrogen) atoms. The molecule has 1 rings (SSSR count). The van der Waals surface area contributed by atoms with Crippen LogP contribution in [0.25, 0.3) is 0 Å². The Labute approximate surface area is 78.2 Å². The molecule has 60 valence electrons. The molecule has 1 nitrogen and oxygen atoms in total. The van der Waals surface area contributed by atoms with Gasteiger partial charge in [-0.1, -0.05) is 6.07 Å². The third-order valence-corrected chi connectivity index (χ3v) is 2.49. The molecule has 0 unspecified atom stereocenters. The average Bonchev–Trinajstić information content (AvgIpc) is 1.94. The molecule has 0 fully saturated rings. The van der Waals surface area contributed by atoms with E-state index < -0.39 is 0 Å².